The van der Waals surface area contributed by atoms with Crippen LogP contribution in [0.15, 0.2) is 24.2 Å². The van der Waals surface area contributed by atoms with Crippen LogP contribution in [-0.2, 0) is 13.7 Å². The number of allylic oxidation sites excluding steroid dienone is 2. The molecule has 22 heavy (non-hydrogen) atoms. The van der Waals surface area contributed by atoms with E-state index >= 15 is 0 Å². The molecule has 3 nitrogen and oxygen atoms in total. The molecule has 0 aromatic carbocycles. The van der Waals surface area contributed by atoms with E-state index in [1.165, 1.54) is 0 Å². The molecule has 0 atom stereocenters. The monoisotopic (exact) mass is 324 g/mol. The Morgan fingerprint density at radius 1 is 1.00 bits per heavy atom. The number of rotatable bonds is 5. The van der Waals surface area contributed by atoms with Crippen LogP contribution in [-0.4, -0.2) is 33.2 Å². The molecule has 1 saturated heterocycles. The first-order valence-electron chi connectivity index (χ1n) is 8.11. The predicted molar refractivity (Wildman–Crippen MR) is 97.5 cm³/mol. The highest BCUT2D eigenvalue weighted by Crippen LogP contribution is 2.37. The third-order valence-corrected chi connectivity index (χ3v) is 9.63. The molecular weight excluding hydrogens is 291 g/mol. The van der Waals surface area contributed by atoms with Crippen LogP contribution in [0.4, 0.5) is 0 Å². The maximum absolute atomic E-state index is 6.09. The molecule has 0 N–H and O–H groups in total. The van der Waals surface area contributed by atoms with E-state index in [1.807, 2.05) is 24.2 Å². The van der Waals surface area contributed by atoms with Crippen LogP contribution in [0.2, 0.25) is 18.1 Å². The van der Waals surface area contributed by atoms with Crippen molar-refractivity contribution in [2.75, 3.05) is 6.61 Å². The van der Waals surface area contributed by atoms with Gasteiger partial charge in [-0.25, -0.2) is 0 Å². The summed E-state index contributed by atoms with van der Waals surface area (Å²) in [5.74, 6) is 1.94. The summed E-state index contributed by atoms with van der Waals surface area (Å²) in [5, 5.41) is 0.249. The SMILES string of the molecule is CC1(C)OB(/C=C\C=C\CO[Si](C)(C)C(C)(C)C)OC1(C)C. The summed E-state index contributed by atoms with van der Waals surface area (Å²) in [6.07, 6.45) is 6.01. The molecule has 0 radical (unpaired) electrons. The molecule has 1 rings (SSSR count). The molecule has 0 aromatic heterocycles. The zero-order chi connectivity index (χ0) is 17.2. The highest BCUT2D eigenvalue weighted by Gasteiger charge is 2.49. The van der Waals surface area contributed by atoms with Crippen molar-refractivity contribution in [3.05, 3.63) is 24.2 Å². The van der Waals surface area contributed by atoms with Crippen LogP contribution in [0.25, 0.3) is 0 Å². The van der Waals surface area contributed by atoms with Gasteiger partial charge in [0.1, 0.15) is 0 Å². The molecule has 126 valence electrons. The normalized spacial score (nSPS) is 22.1. The van der Waals surface area contributed by atoms with Gasteiger partial charge in [-0.1, -0.05) is 45.0 Å². The molecule has 0 amide bonds. The molecule has 0 spiro atoms. The topological polar surface area (TPSA) is 27.7 Å². The zero-order valence-corrected chi connectivity index (χ0v) is 16.8. The molecule has 5 heteroatoms. The van der Waals surface area contributed by atoms with Gasteiger partial charge in [-0.05, 0) is 45.8 Å². The smallest absolute Gasteiger partial charge is 0.413 e. The molecule has 0 bridgehead atoms. The van der Waals surface area contributed by atoms with Crippen LogP contribution < -0.4 is 0 Å². The van der Waals surface area contributed by atoms with Gasteiger partial charge in [0.15, 0.2) is 8.32 Å². The summed E-state index contributed by atoms with van der Waals surface area (Å²) in [4.78, 5) is 0. The average molecular weight is 324 g/mol. The van der Waals surface area contributed by atoms with Gasteiger partial charge in [-0.15, -0.1) is 0 Å². The molecular formula is C17H33BO3Si. The maximum Gasteiger partial charge on any atom is 0.487 e. The second kappa shape index (κ2) is 6.64. The molecule has 0 aliphatic carbocycles. The van der Waals surface area contributed by atoms with Gasteiger partial charge in [0.2, 0.25) is 0 Å². The van der Waals surface area contributed by atoms with Crippen LogP contribution >= 0.6 is 0 Å². The second-order valence-electron chi connectivity index (χ2n) is 8.51. The fourth-order valence-corrected chi connectivity index (χ4v) is 2.68. The lowest BCUT2D eigenvalue weighted by atomic mass is 9.90. The summed E-state index contributed by atoms with van der Waals surface area (Å²) in [6.45, 7) is 20.2. The first kappa shape index (κ1) is 19.7. The predicted octanol–water partition coefficient (Wildman–Crippen LogP) is 4.75. The van der Waals surface area contributed by atoms with Crippen LogP contribution in [0.1, 0.15) is 48.5 Å². The van der Waals surface area contributed by atoms with Gasteiger partial charge in [-0.3, -0.25) is 0 Å². The first-order chi connectivity index (χ1) is 9.79. The van der Waals surface area contributed by atoms with Gasteiger partial charge in [0.25, 0.3) is 0 Å². The summed E-state index contributed by atoms with van der Waals surface area (Å²) >= 11 is 0. The van der Waals surface area contributed by atoms with E-state index < -0.39 is 8.32 Å². The quantitative estimate of drug-likeness (QED) is 0.539. The van der Waals surface area contributed by atoms with Crippen molar-refractivity contribution in [1.82, 2.24) is 0 Å². The van der Waals surface area contributed by atoms with Crippen molar-refractivity contribution >= 4 is 15.4 Å². The summed E-state index contributed by atoms with van der Waals surface area (Å²) in [5.41, 5.74) is -0.561. The lowest BCUT2D eigenvalue weighted by molar-refractivity contribution is 0.00578. The number of hydrogen-bond donors (Lipinski definition) is 0. The van der Waals surface area contributed by atoms with Crippen molar-refractivity contribution in [3.63, 3.8) is 0 Å². The molecule has 0 unspecified atom stereocenters. The van der Waals surface area contributed by atoms with Crippen LogP contribution in [0.3, 0.4) is 0 Å². The third-order valence-electron chi connectivity index (χ3n) is 5.13. The first-order valence-corrected chi connectivity index (χ1v) is 11.0. The summed E-state index contributed by atoms with van der Waals surface area (Å²) < 4.78 is 17.9. The highest BCUT2D eigenvalue weighted by molar-refractivity contribution is 6.74. The minimum absolute atomic E-state index is 0.249. The fourth-order valence-electron chi connectivity index (χ4n) is 1.73. The Morgan fingerprint density at radius 3 is 1.95 bits per heavy atom. The van der Waals surface area contributed by atoms with Crippen LogP contribution in [0, 0.1) is 0 Å². The molecule has 1 heterocycles. The van der Waals surface area contributed by atoms with E-state index in [-0.39, 0.29) is 23.4 Å². The van der Waals surface area contributed by atoms with Crippen molar-refractivity contribution in [2.45, 2.75) is 77.8 Å². The standard InChI is InChI=1S/C17H33BO3Si/c1-15(2,3)22(8,9)19-14-12-10-11-13-18-20-16(4,5)17(6,7)21-18/h10-13H,14H2,1-9H3/b12-10+,13-11-. The van der Waals surface area contributed by atoms with Crippen LogP contribution in [0.5, 0.6) is 0 Å². The number of hydrogen-bond acceptors (Lipinski definition) is 3. The molecule has 1 fully saturated rings. The largest absolute Gasteiger partial charge is 0.487 e. The Kier molecular flexibility index (Phi) is 5.94. The van der Waals surface area contributed by atoms with Gasteiger partial charge < -0.3 is 13.7 Å². The fraction of sp³-hybridized carbons (Fsp3) is 0.765. The Hall–Kier alpha value is -0.358. The third kappa shape index (κ3) is 4.82. The Labute approximate surface area is 138 Å². The average Bonchev–Trinajstić information content (AvgIpc) is 2.50. The van der Waals surface area contributed by atoms with Crippen molar-refractivity contribution < 1.29 is 13.7 Å². The van der Waals surface area contributed by atoms with E-state index in [0.717, 1.165) is 0 Å². The van der Waals surface area contributed by atoms with Gasteiger partial charge in [0.05, 0.1) is 17.8 Å². The van der Waals surface area contributed by atoms with E-state index in [4.69, 9.17) is 13.7 Å². The van der Waals surface area contributed by atoms with Crippen molar-refractivity contribution in [1.29, 1.82) is 0 Å². The lowest BCUT2D eigenvalue weighted by Crippen LogP contribution is -2.41. The van der Waals surface area contributed by atoms with E-state index in [9.17, 15) is 0 Å². The minimum atomic E-state index is -1.65. The van der Waals surface area contributed by atoms with E-state index in [2.05, 4.69) is 61.6 Å². The lowest BCUT2D eigenvalue weighted by Gasteiger charge is -2.35. The maximum atomic E-state index is 6.09. The highest BCUT2D eigenvalue weighted by atomic mass is 28.4. The van der Waals surface area contributed by atoms with Crippen molar-refractivity contribution in [2.24, 2.45) is 0 Å². The van der Waals surface area contributed by atoms with Gasteiger partial charge in [-0.2, -0.15) is 0 Å². The van der Waals surface area contributed by atoms with Gasteiger partial charge >= 0.3 is 7.12 Å². The molecule has 1 aliphatic rings. The Balaban J connectivity index is 2.42. The van der Waals surface area contributed by atoms with Gasteiger partial charge in [0, 0.05) is 0 Å². The van der Waals surface area contributed by atoms with E-state index in [1.54, 1.807) is 0 Å². The molecule has 0 aromatic rings. The van der Waals surface area contributed by atoms with E-state index in [0.29, 0.717) is 6.61 Å². The zero-order valence-electron chi connectivity index (χ0n) is 15.8. The second-order valence-corrected chi connectivity index (χ2v) is 13.3. The molecule has 1 aliphatic heterocycles. The Morgan fingerprint density at radius 2 is 1.50 bits per heavy atom. The Bertz CT molecular complexity index is 418. The van der Waals surface area contributed by atoms with Crippen molar-refractivity contribution in [3.8, 4) is 0 Å². The minimum Gasteiger partial charge on any atom is -0.413 e. The molecule has 0 saturated carbocycles. The summed E-state index contributed by atoms with van der Waals surface area (Å²) in [6, 6.07) is 0. The summed E-state index contributed by atoms with van der Waals surface area (Å²) in [7, 11) is -1.94.